The molecule has 0 amide bonds. The summed E-state index contributed by atoms with van der Waals surface area (Å²) in [5.41, 5.74) is -1.43. The SMILES string of the molecule is CCn1ncc(Br)c1C(O)c1ccc(F)cc1C(F)(F)F. The molecule has 1 aromatic heterocycles. The highest BCUT2D eigenvalue weighted by atomic mass is 79.9. The van der Waals surface area contributed by atoms with E-state index in [0.29, 0.717) is 17.1 Å². The van der Waals surface area contributed by atoms with Crippen molar-refractivity contribution in [2.75, 3.05) is 0 Å². The summed E-state index contributed by atoms with van der Waals surface area (Å²) in [6.45, 7) is 2.12. The maximum absolute atomic E-state index is 13.1. The van der Waals surface area contributed by atoms with Crippen LogP contribution in [-0.2, 0) is 12.7 Å². The van der Waals surface area contributed by atoms with Crippen LogP contribution >= 0.6 is 15.9 Å². The maximum Gasteiger partial charge on any atom is 0.416 e. The largest absolute Gasteiger partial charge is 0.416 e. The first-order chi connectivity index (χ1) is 9.75. The van der Waals surface area contributed by atoms with Gasteiger partial charge in [0.2, 0.25) is 0 Å². The van der Waals surface area contributed by atoms with Crippen LogP contribution in [-0.4, -0.2) is 14.9 Å². The van der Waals surface area contributed by atoms with Crippen LogP contribution in [0.3, 0.4) is 0 Å². The molecule has 114 valence electrons. The number of alkyl halides is 3. The summed E-state index contributed by atoms with van der Waals surface area (Å²) in [6, 6.07) is 2.19. The van der Waals surface area contributed by atoms with E-state index < -0.39 is 29.2 Å². The van der Waals surface area contributed by atoms with E-state index in [2.05, 4.69) is 21.0 Å². The van der Waals surface area contributed by atoms with Crippen LogP contribution < -0.4 is 0 Å². The van der Waals surface area contributed by atoms with Crippen molar-refractivity contribution in [3.05, 3.63) is 51.5 Å². The van der Waals surface area contributed by atoms with E-state index in [1.165, 1.54) is 10.9 Å². The topological polar surface area (TPSA) is 38.0 Å². The molecular weight excluding hydrogens is 356 g/mol. The van der Waals surface area contributed by atoms with Crippen LogP contribution in [0.25, 0.3) is 0 Å². The number of aliphatic hydroxyl groups excluding tert-OH is 1. The zero-order chi connectivity index (χ0) is 15.8. The molecule has 0 aliphatic rings. The van der Waals surface area contributed by atoms with Crippen LogP contribution in [0.15, 0.2) is 28.9 Å². The fourth-order valence-electron chi connectivity index (χ4n) is 2.06. The van der Waals surface area contributed by atoms with Crippen LogP contribution in [0.1, 0.15) is 29.8 Å². The first kappa shape index (κ1) is 16.0. The summed E-state index contributed by atoms with van der Waals surface area (Å²) in [6.07, 6.45) is -4.94. The van der Waals surface area contributed by atoms with Gasteiger partial charge in [0.15, 0.2) is 0 Å². The van der Waals surface area contributed by atoms with Gasteiger partial charge in [-0.15, -0.1) is 0 Å². The average molecular weight is 367 g/mol. The normalized spacial score (nSPS) is 13.5. The molecule has 0 saturated heterocycles. The van der Waals surface area contributed by atoms with Crippen molar-refractivity contribution < 1.29 is 22.7 Å². The molecule has 21 heavy (non-hydrogen) atoms. The summed E-state index contributed by atoms with van der Waals surface area (Å²) < 4.78 is 53.9. The minimum absolute atomic E-state index is 0.189. The molecule has 0 radical (unpaired) electrons. The van der Waals surface area contributed by atoms with E-state index in [-0.39, 0.29) is 5.69 Å². The molecule has 0 aliphatic heterocycles. The quantitative estimate of drug-likeness (QED) is 0.836. The fourth-order valence-corrected chi connectivity index (χ4v) is 2.57. The van der Waals surface area contributed by atoms with Gasteiger partial charge in [-0.3, -0.25) is 4.68 Å². The number of halogens is 5. The Labute approximate surface area is 126 Å². The predicted molar refractivity (Wildman–Crippen MR) is 71.1 cm³/mol. The highest BCUT2D eigenvalue weighted by Crippen LogP contribution is 2.38. The van der Waals surface area contributed by atoms with E-state index in [0.717, 1.165) is 12.1 Å². The lowest BCUT2D eigenvalue weighted by atomic mass is 9.99. The monoisotopic (exact) mass is 366 g/mol. The van der Waals surface area contributed by atoms with Gasteiger partial charge < -0.3 is 5.11 Å². The Balaban J connectivity index is 2.58. The Kier molecular flexibility index (Phi) is 4.38. The van der Waals surface area contributed by atoms with Gasteiger partial charge in [0.1, 0.15) is 11.9 Å². The molecule has 0 spiro atoms. The Morgan fingerprint density at radius 1 is 1.38 bits per heavy atom. The summed E-state index contributed by atoms with van der Waals surface area (Å²) in [5.74, 6) is -1.01. The Hall–Kier alpha value is -1.41. The molecule has 0 aliphatic carbocycles. The minimum atomic E-state index is -4.76. The second-order valence-corrected chi connectivity index (χ2v) is 5.18. The van der Waals surface area contributed by atoms with Gasteiger partial charge in [0, 0.05) is 6.54 Å². The van der Waals surface area contributed by atoms with Gasteiger partial charge in [-0.2, -0.15) is 18.3 Å². The first-order valence-corrected chi connectivity index (χ1v) is 6.81. The Morgan fingerprint density at radius 2 is 2.05 bits per heavy atom. The molecule has 0 bridgehead atoms. The van der Waals surface area contributed by atoms with E-state index in [4.69, 9.17) is 0 Å². The highest BCUT2D eigenvalue weighted by molar-refractivity contribution is 9.10. The summed E-state index contributed by atoms with van der Waals surface area (Å²) in [5, 5.41) is 14.2. The number of hydrogen-bond donors (Lipinski definition) is 1. The van der Waals surface area contributed by atoms with Crippen molar-refractivity contribution in [3.8, 4) is 0 Å². The second-order valence-electron chi connectivity index (χ2n) is 4.33. The smallest absolute Gasteiger partial charge is 0.382 e. The molecule has 1 aromatic carbocycles. The second kappa shape index (κ2) is 5.76. The van der Waals surface area contributed by atoms with Crippen molar-refractivity contribution in [1.29, 1.82) is 0 Å². The van der Waals surface area contributed by atoms with Crippen molar-refractivity contribution in [3.63, 3.8) is 0 Å². The molecule has 1 unspecified atom stereocenters. The lowest BCUT2D eigenvalue weighted by Crippen LogP contribution is -2.16. The van der Waals surface area contributed by atoms with Crippen molar-refractivity contribution >= 4 is 15.9 Å². The van der Waals surface area contributed by atoms with Crippen molar-refractivity contribution in [2.45, 2.75) is 25.7 Å². The van der Waals surface area contributed by atoms with Gasteiger partial charge >= 0.3 is 6.18 Å². The average Bonchev–Trinajstić information content (AvgIpc) is 2.78. The molecule has 1 heterocycles. The summed E-state index contributed by atoms with van der Waals surface area (Å²) in [4.78, 5) is 0. The van der Waals surface area contributed by atoms with Gasteiger partial charge in [0.25, 0.3) is 0 Å². The van der Waals surface area contributed by atoms with Gasteiger partial charge in [-0.25, -0.2) is 4.39 Å². The van der Waals surface area contributed by atoms with E-state index in [9.17, 15) is 22.7 Å². The Bertz CT molecular complexity index is 654. The fraction of sp³-hybridized carbons (Fsp3) is 0.308. The van der Waals surface area contributed by atoms with Crippen LogP contribution in [0.4, 0.5) is 17.6 Å². The van der Waals surface area contributed by atoms with Crippen molar-refractivity contribution in [2.24, 2.45) is 0 Å². The zero-order valence-corrected chi connectivity index (χ0v) is 12.4. The molecule has 3 nitrogen and oxygen atoms in total. The molecular formula is C13H11BrF4N2O. The molecule has 2 rings (SSSR count). The lowest BCUT2D eigenvalue weighted by Gasteiger charge is -2.19. The number of rotatable bonds is 3. The van der Waals surface area contributed by atoms with E-state index >= 15 is 0 Å². The number of aromatic nitrogens is 2. The third kappa shape index (κ3) is 3.11. The zero-order valence-electron chi connectivity index (χ0n) is 10.8. The first-order valence-electron chi connectivity index (χ1n) is 6.01. The standard InChI is InChI=1S/C13H11BrF4N2O/c1-2-20-11(10(14)6-19-20)12(21)8-4-3-7(15)5-9(8)13(16,17)18/h3-6,12,21H,2H2,1H3. The van der Waals surface area contributed by atoms with Gasteiger partial charge in [-0.1, -0.05) is 6.07 Å². The van der Waals surface area contributed by atoms with Crippen LogP contribution in [0.2, 0.25) is 0 Å². The van der Waals surface area contributed by atoms with Crippen LogP contribution in [0, 0.1) is 5.82 Å². The van der Waals surface area contributed by atoms with E-state index in [1.807, 2.05) is 0 Å². The number of aryl methyl sites for hydroxylation is 1. The number of nitrogens with zero attached hydrogens (tertiary/aromatic N) is 2. The van der Waals surface area contributed by atoms with Gasteiger partial charge in [0.05, 0.1) is 21.9 Å². The van der Waals surface area contributed by atoms with Crippen molar-refractivity contribution in [1.82, 2.24) is 9.78 Å². The predicted octanol–water partition coefficient (Wildman–Crippen LogP) is 3.91. The molecule has 0 fully saturated rings. The number of hydrogen-bond acceptors (Lipinski definition) is 2. The maximum atomic E-state index is 13.1. The Morgan fingerprint density at radius 3 is 2.62 bits per heavy atom. The highest BCUT2D eigenvalue weighted by Gasteiger charge is 2.36. The van der Waals surface area contributed by atoms with Gasteiger partial charge in [-0.05, 0) is 40.5 Å². The third-order valence-electron chi connectivity index (χ3n) is 3.01. The molecule has 1 N–H and O–H groups in total. The lowest BCUT2D eigenvalue weighted by molar-refractivity contribution is -0.139. The molecule has 1 atom stereocenters. The minimum Gasteiger partial charge on any atom is -0.382 e. The number of benzene rings is 1. The summed E-state index contributed by atoms with van der Waals surface area (Å²) >= 11 is 3.15. The summed E-state index contributed by atoms with van der Waals surface area (Å²) in [7, 11) is 0. The number of aliphatic hydroxyl groups is 1. The molecule has 2 aromatic rings. The van der Waals surface area contributed by atoms with E-state index in [1.54, 1.807) is 6.92 Å². The molecule has 0 saturated carbocycles. The third-order valence-corrected chi connectivity index (χ3v) is 3.62. The molecule has 8 heteroatoms. The van der Waals surface area contributed by atoms with Crippen LogP contribution in [0.5, 0.6) is 0 Å².